The molecule has 0 radical (unpaired) electrons. The molecule has 0 bridgehead atoms. The molecule has 2 fully saturated rings. The van der Waals surface area contributed by atoms with Gasteiger partial charge < -0.3 is 4.74 Å². The third-order valence-electron chi connectivity index (χ3n) is 7.13. The molecule has 2 heterocycles. The van der Waals surface area contributed by atoms with Gasteiger partial charge in [0.05, 0.1) is 23.6 Å². The van der Waals surface area contributed by atoms with Crippen LogP contribution in [0.3, 0.4) is 0 Å². The van der Waals surface area contributed by atoms with Crippen molar-refractivity contribution in [1.82, 2.24) is 0 Å². The number of carbonyl (C=O) groups is 4. The molecule has 6 nitrogen and oxygen atoms in total. The Morgan fingerprint density at radius 1 is 0.800 bits per heavy atom. The molecule has 2 amide bonds. The number of ketones is 2. The predicted octanol–water partition coefficient (Wildman–Crippen LogP) is 5.00. The topological polar surface area (TPSA) is 80.8 Å². The predicted molar refractivity (Wildman–Crippen MR) is 129 cm³/mol. The lowest BCUT2D eigenvalue weighted by molar-refractivity contribution is -0.127. The zero-order valence-corrected chi connectivity index (χ0v) is 19.8. The Morgan fingerprint density at radius 3 is 2.03 bits per heavy atom. The van der Waals surface area contributed by atoms with Crippen molar-refractivity contribution in [1.29, 1.82) is 0 Å². The van der Waals surface area contributed by atoms with Gasteiger partial charge in [0.25, 0.3) is 0 Å². The summed E-state index contributed by atoms with van der Waals surface area (Å²) in [6, 6.07) is 17.9. The number of anilines is 1. The van der Waals surface area contributed by atoms with Gasteiger partial charge in [-0.1, -0.05) is 65.7 Å². The zero-order chi connectivity index (χ0) is 24.6. The first-order chi connectivity index (χ1) is 16.8. The largest absolute Gasteiger partial charge is 0.349 e. The highest BCUT2D eigenvalue weighted by Gasteiger charge is 2.74. The number of nitrogens with zero attached hydrogens (tertiary/aromatic N) is 1. The molecule has 0 unspecified atom stereocenters. The minimum Gasteiger partial charge on any atom is -0.349 e. The number of Topliss-reactive ketones (excluding diaryl/α,β-unsaturated/α-hetero) is 2. The normalized spacial score (nSPS) is 24.4. The van der Waals surface area contributed by atoms with Gasteiger partial charge in [0.2, 0.25) is 29.0 Å². The van der Waals surface area contributed by atoms with Crippen LogP contribution >= 0.6 is 23.2 Å². The highest BCUT2D eigenvalue weighted by Crippen LogP contribution is 2.58. The second kappa shape index (κ2) is 7.59. The SMILES string of the molecule is Cc1ccc(Cl)cc1N1C(=O)[C@@H]2[C@@H](C1=O)C1(O[C@H]2c2ccc(Cl)cc2)C(=O)c2ccccc2C1=O. The number of rotatable bonds is 2. The molecule has 35 heavy (non-hydrogen) atoms. The van der Waals surface area contributed by atoms with Gasteiger partial charge in [0.1, 0.15) is 0 Å². The van der Waals surface area contributed by atoms with Crippen LogP contribution in [0, 0.1) is 18.8 Å². The molecular weight excluding hydrogens is 489 g/mol. The maximum Gasteiger partial charge on any atom is 0.241 e. The van der Waals surface area contributed by atoms with Crippen LogP contribution in [0.2, 0.25) is 10.0 Å². The molecule has 0 saturated carbocycles. The Hall–Kier alpha value is -3.32. The van der Waals surface area contributed by atoms with Crippen LogP contribution in [-0.2, 0) is 14.3 Å². The van der Waals surface area contributed by atoms with E-state index in [4.69, 9.17) is 27.9 Å². The lowest BCUT2D eigenvalue weighted by Crippen LogP contribution is -2.51. The van der Waals surface area contributed by atoms with E-state index < -0.39 is 46.9 Å². The van der Waals surface area contributed by atoms with Crippen molar-refractivity contribution in [2.24, 2.45) is 11.8 Å². The van der Waals surface area contributed by atoms with E-state index in [1.807, 2.05) is 0 Å². The minimum atomic E-state index is -2.12. The van der Waals surface area contributed by atoms with E-state index in [-0.39, 0.29) is 11.1 Å². The Balaban J connectivity index is 1.56. The van der Waals surface area contributed by atoms with Crippen LogP contribution in [-0.4, -0.2) is 29.0 Å². The van der Waals surface area contributed by atoms with Crippen molar-refractivity contribution in [3.05, 3.63) is 99.0 Å². The zero-order valence-electron chi connectivity index (χ0n) is 18.3. The first kappa shape index (κ1) is 22.2. The third kappa shape index (κ3) is 2.88. The molecule has 1 spiro atoms. The van der Waals surface area contributed by atoms with Gasteiger partial charge in [0.15, 0.2) is 0 Å². The van der Waals surface area contributed by atoms with E-state index in [1.54, 1.807) is 67.6 Å². The first-order valence-electron chi connectivity index (χ1n) is 11.0. The average molecular weight is 506 g/mol. The summed E-state index contributed by atoms with van der Waals surface area (Å²) in [5.74, 6) is -4.80. The number of halogens is 2. The van der Waals surface area contributed by atoms with Crippen molar-refractivity contribution < 1.29 is 23.9 Å². The minimum absolute atomic E-state index is 0.186. The van der Waals surface area contributed by atoms with Crippen LogP contribution in [0.5, 0.6) is 0 Å². The summed E-state index contributed by atoms with van der Waals surface area (Å²) in [4.78, 5) is 56.4. The van der Waals surface area contributed by atoms with E-state index in [0.717, 1.165) is 4.90 Å². The van der Waals surface area contributed by atoms with E-state index in [1.165, 1.54) is 6.07 Å². The van der Waals surface area contributed by atoms with Crippen LogP contribution in [0.4, 0.5) is 5.69 Å². The van der Waals surface area contributed by atoms with Crippen LogP contribution in [0.25, 0.3) is 0 Å². The lowest BCUT2D eigenvalue weighted by Gasteiger charge is -2.27. The lowest BCUT2D eigenvalue weighted by atomic mass is 9.77. The van der Waals surface area contributed by atoms with Gasteiger partial charge in [-0.05, 0) is 42.3 Å². The maximum absolute atomic E-state index is 14.0. The molecule has 6 rings (SSSR count). The molecule has 0 N–H and O–H groups in total. The van der Waals surface area contributed by atoms with Gasteiger partial charge in [0, 0.05) is 21.2 Å². The number of hydrogen-bond acceptors (Lipinski definition) is 5. The second-order valence-electron chi connectivity index (χ2n) is 8.98. The van der Waals surface area contributed by atoms with Crippen molar-refractivity contribution in [3.63, 3.8) is 0 Å². The molecular formula is C27H17Cl2NO5. The smallest absolute Gasteiger partial charge is 0.241 e. The highest BCUT2D eigenvalue weighted by molar-refractivity contribution is 6.37. The number of aryl methyl sites for hydroxylation is 1. The molecule has 174 valence electrons. The molecule has 8 heteroatoms. The number of benzene rings is 3. The number of carbonyl (C=O) groups excluding carboxylic acids is 4. The van der Waals surface area contributed by atoms with Crippen LogP contribution in [0.15, 0.2) is 66.7 Å². The van der Waals surface area contributed by atoms with Crippen LogP contribution < -0.4 is 4.90 Å². The standard InChI is InChI=1S/C27H17Cl2NO5/c1-13-6-9-16(29)12-19(13)30-25(33)20-21(26(30)34)27(35-22(20)14-7-10-15(28)11-8-14)23(31)17-4-2-3-5-18(17)24(27)32/h2-12,20-22H,1H3/t20-,21+,22+/m1/s1. The van der Waals surface area contributed by atoms with Crippen molar-refractivity contribution in [2.75, 3.05) is 4.90 Å². The summed E-state index contributed by atoms with van der Waals surface area (Å²) in [7, 11) is 0. The van der Waals surface area contributed by atoms with Crippen molar-refractivity contribution in [2.45, 2.75) is 18.6 Å². The summed E-state index contributed by atoms with van der Waals surface area (Å²) in [6.07, 6.45) is -1.000. The van der Waals surface area contributed by atoms with Crippen molar-refractivity contribution in [3.8, 4) is 0 Å². The third-order valence-corrected chi connectivity index (χ3v) is 7.62. The van der Waals surface area contributed by atoms with Crippen molar-refractivity contribution >= 4 is 52.3 Å². The quantitative estimate of drug-likeness (QED) is 0.361. The van der Waals surface area contributed by atoms with Gasteiger partial charge in [-0.3, -0.25) is 19.2 Å². The molecule has 3 aliphatic rings. The summed E-state index contributed by atoms with van der Waals surface area (Å²) in [5.41, 5.74) is -0.226. The van der Waals surface area contributed by atoms with Gasteiger partial charge >= 0.3 is 0 Å². The fourth-order valence-corrected chi connectivity index (χ4v) is 5.82. The van der Waals surface area contributed by atoms with Gasteiger partial charge in [-0.25, -0.2) is 4.90 Å². The molecule has 3 aromatic carbocycles. The fraction of sp³-hybridized carbons (Fsp3) is 0.185. The number of imide groups is 1. The van der Waals surface area contributed by atoms with E-state index in [2.05, 4.69) is 0 Å². The summed E-state index contributed by atoms with van der Waals surface area (Å²) >= 11 is 12.2. The Labute approximate surface area is 210 Å². The molecule has 3 aromatic rings. The molecule has 3 atom stereocenters. The monoisotopic (exact) mass is 505 g/mol. The molecule has 0 aromatic heterocycles. The van der Waals surface area contributed by atoms with E-state index in [0.29, 0.717) is 26.9 Å². The number of amides is 2. The molecule has 2 saturated heterocycles. The van der Waals surface area contributed by atoms with Crippen LogP contribution in [0.1, 0.15) is 37.9 Å². The van der Waals surface area contributed by atoms with Gasteiger partial charge in [-0.15, -0.1) is 0 Å². The Kier molecular flexibility index (Phi) is 4.81. The highest BCUT2D eigenvalue weighted by atomic mass is 35.5. The van der Waals surface area contributed by atoms with E-state index >= 15 is 0 Å². The number of fused-ring (bicyclic) bond motifs is 3. The average Bonchev–Trinajstić information content (AvgIpc) is 3.41. The maximum atomic E-state index is 14.0. The van der Waals surface area contributed by atoms with E-state index in [9.17, 15) is 19.2 Å². The second-order valence-corrected chi connectivity index (χ2v) is 9.85. The number of ether oxygens (including phenoxy) is 1. The number of hydrogen-bond donors (Lipinski definition) is 0. The Bertz CT molecular complexity index is 1430. The summed E-state index contributed by atoms with van der Waals surface area (Å²) < 4.78 is 6.25. The van der Waals surface area contributed by atoms with Gasteiger partial charge in [-0.2, -0.15) is 0 Å². The molecule has 1 aliphatic carbocycles. The molecule has 2 aliphatic heterocycles. The summed E-state index contributed by atoms with van der Waals surface area (Å²) in [5, 5.41) is 0.826. The Morgan fingerprint density at radius 2 is 1.40 bits per heavy atom. The summed E-state index contributed by atoms with van der Waals surface area (Å²) in [6.45, 7) is 1.75. The fourth-order valence-electron chi connectivity index (χ4n) is 5.53. The first-order valence-corrected chi connectivity index (χ1v) is 11.8.